The predicted molar refractivity (Wildman–Crippen MR) is 112 cm³/mol. The van der Waals surface area contributed by atoms with Gasteiger partial charge in [-0.15, -0.1) is 0 Å². The molecule has 0 aliphatic rings. The zero-order valence-electron chi connectivity index (χ0n) is 16.1. The summed E-state index contributed by atoms with van der Waals surface area (Å²) in [5, 5.41) is 11.2. The molecule has 0 bridgehead atoms. The van der Waals surface area contributed by atoms with E-state index in [-0.39, 0.29) is 23.1 Å². The number of nitrogens with one attached hydrogen (secondary N) is 1. The van der Waals surface area contributed by atoms with Gasteiger partial charge in [0.25, 0.3) is 11.1 Å². The van der Waals surface area contributed by atoms with Crippen LogP contribution in [0, 0.1) is 17.1 Å². The Hall–Kier alpha value is -3.62. The molecule has 0 spiro atoms. The summed E-state index contributed by atoms with van der Waals surface area (Å²) in [4.78, 5) is 16.0. The number of sulfone groups is 1. The third-order valence-electron chi connectivity index (χ3n) is 3.87. The van der Waals surface area contributed by atoms with Gasteiger partial charge in [-0.25, -0.2) is 12.8 Å². The minimum absolute atomic E-state index is 0.0385. The summed E-state index contributed by atoms with van der Waals surface area (Å²) in [5.74, 6) is -0.616. The standard InChI is InChI=1S/C20H15FN4O4S2/c1-31(27,28)20-24-19(30-25-20)23-18(26)15(11-22)10-13-6-8-16(9-7-13)29-12-14-4-2-3-5-17(14)21/h2-10H,12H2,1H3,(H,23,24,25,26). The van der Waals surface area contributed by atoms with Crippen LogP contribution in [0.25, 0.3) is 6.08 Å². The van der Waals surface area contributed by atoms with Crippen LogP contribution in [0.5, 0.6) is 5.75 Å². The molecule has 31 heavy (non-hydrogen) atoms. The van der Waals surface area contributed by atoms with E-state index in [4.69, 9.17) is 4.74 Å². The van der Waals surface area contributed by atoms with E-state index in [1.165, 1.54) is 12.1 Å². The van der Waals surface area contributed by atoms with Crippen molar-refractivity contribution >= 4 is 38.5 Å². The number of halogens is 1. The van der Waals surface area contributed by atoms with E-state index in [1.54, 1.807) is 48.5 Å². The van der Waals surface area contributed by atoms with Crippen LogP contribution in [0.2, 0.25) is 0 Å². The SMILES string of the molecule is CS(=O)(=O)c1nsc(NC(=O)C(C#N)=Cc2ccc(OCc3ccccc3F)cc2)n1. The number of carbonyl (C=O) groups is 1. The average molecular weight is 458 g/mol. The second-order valence-electron chi connectivity index (χ2n) is 6.23. The molecule has 1 amide bonds. The Kier molecular flexibility index (Phi) is 6.74. The molecular weight excluding hydrogens is 443 g/mol. The maximum Gasteiger partial charge on any atom is 0.268 e. The quantitative estimate of drug-likeness (QED) is 0.426. The van der Waals surface area contributed by atoms with E-state index in [1.807, 2.05) is 0 Å². The van der Waals surface area contributed by atoms with Crippen molar-refractivity contribution in [3.8, 4) is 11.8 Å². The molecule has 0 unspecified atom stereocenters. The van der Waals surface area contributed by atoms with Gasteiger partial charge in [0.1, 0.15) is 29.8 Å². The maximum absolute atomic E-state index is 13.6. The van der Waals surface area contributed by atoms with Crippen molar-refractivity contribution in [2.75, 3.05) is 11.6 Å². The molecule has 2 aromatic carbocycles. The van der Waals surface area contributed by atoms with Crippen molar-refractivity contribution in [2.45, 2.75) is 11.8 Å². The number of ether oxygens (including phenoxy) is 1. The lowest BCUT2D eigenvalue weighted by Gasteiger charge is -2.07. The molecule has 0 aliphatic carbocycles. The largest absolute Gasteiger partial charge is 0.489 e. The maximum atomic E-state index is 13.6. The van der Waals surface area contributed by atoms with Gasteiger partial charge < -0.3 is 4.74 Å². The first kappa shape index (κ1) is 22.1. The van der Waals surface area contributed by atoms with Crippen molar-refractivity contribution in [3.05, 3.63) is 71.0 Å². The molecule has 0 aliphatic heterocycles. The highest BCUT2D eigenvalue weighted by Gasteiger charge is 2.17. The molecule has 1 N–H and O–H groups in total. The highest BCUT2D eigenvalue weighted by molar-refractivity contribution is 7.90. The zero-order valence-corrected chi connectivity index (χ0v) is 17.7. The van der Waals surface area contributed by atoms with E-state index in [0.29, 0.717) is 28.4 Å². The number of nitriles is 1. The van der Waals surface area contributed by atoms with Crippen LogP contribution in [-0.2, 0) is 21.2 Å². The Bertz CT molecular complexity index is 1280. The molecule has 1 aromatic heterocycles. The van der Waals surface area contributed by atoms with Crippen LogP contribution in [0.3, 0.4) is 0 Å². The Morgan fingerprint density at radius 2 is 1.97 bits per heavy atom. The molecule has 11 heteroatoms. The third kappa shape index (κ3) is 5.94. The zero-order chi connectivity index (χ0) is 22.4. The van der Waals surface area contributed by atoms with Crippen LogP contribution < -0.4 is 10.1 Å². The van der Waals surface area contributed by atoms with E-state index in [0.717, 1.165) is 6.26 Å². The van der Waals surface area contributed by atoms with Crippen LogP contribution in [0.4, 0.5) is 9.52 Å². The Balaban J connectivity index is 1.66. The smallest absolute Gasteiger partial charge is 0.268 e. The lowest BCUT2D eigenvalue weighted by molar-refractivity contribution is -0.112. The molecule has 3 aromatic rings. The number of nitrogens with zero attached hydrogens (tertiary/aromatic N) is 3. The van der Waals surface area contributed by atoms with Crippen LogP contribution >= 0.6 is 11.5 Å². The fourth-order valence-electron chi connectivity index (χ4n) is 2.33. The monoisotopic (exact) mass is 458 g/mol. The van der Waals surface area contributed by atoms with Crippen molar-refractivity contribution in [1.82, 2.24) is 9.36 Å². The topological polar surface area (TPSA) is 122 Å². The molecule has 0 saturated carbocycles. The summed E-state index contributed by atoms with van der Waals surface area (Å²) >= 11 is 0.693. The number of rotatable bonds is 7. The Morgan fingerprint density at radius 3 is 2.58 bits per heavy atom. The van der Waals surface area contributed by atoms with Gasteiger partial charge in [0.15, 0.2) is 0 Å². The van der Waals surface area contributed by atoms with Gasteiger partial charge in [0.05, 0.1) is 0 Å². The Morgan fingerprint density at radius 1 is 1.26 bits per heavy atom. The minimum atomic E-state index is -3.60. The second kappa shape index (κ2) is 9.46. The normalized spacial score (nSPS) is 11.6. The molecule has 158 valence electrons. The molecule has 8 nitrogen and oxygen atoms in total. The van der Waals surface area contributed by atoms with E-state index < -0.39 is 20.9 Å². The molecule has 0 saturated heterocycles. The summed E-state index contributed by atoms with van der Waals surface area (Å²) in [6, 6.07) is 14.6. The highest BCUT2D eigenvalue weighted by atomic mass is 32.2. The van der Waals surface area contributed by atoms with Gasteiger partial charge in [0, 0.05) is 23.4 Å². The Labute approximate surface area is 181 Å². The van der Waals surface area contributed by atoms with Gasteiger partial charge >= 0.3 is 0 Å². The van der Waals surface area contributed by atoms with Gasteiger partial charge in [-0.3, -0.25) is 10.1 Å². The third-order valence-corrected chi connectivity index (χ3v) is 5.46. The summed E-state index contributed by atoms with van der Waals surface area (Å²) < 4.78 is 45.7. The summed E-state index contributed by atoms with van der Waals surface area (Å²) in [6.07, 6.45) is 2.31. The molecule has 1 heterocycles. The number of hydrogen-bond acceptors (Lipinski definition) is 8. The number of aromatic nitrogens is 2. The predicted octanol–water partition coefficient (Wildman–Crippen LogP) is 3.21. The van der Waals surface area contributed by atoms with E-state index >= 15 is 0 Å². The van der Waals surface area contributed by atoms with E-state index in [9.17, 15) is 22.9 Å². The highest BCUT2D eigenvalue weighted by Crippen LogP contribution is 2.19. The van der Waals surface area contributed by atoms with Crippen LogP contribution in [0.1, 0.15) is 11.1 Å². The molecule has 3 rings (SSSR count). The lowest BCUT2D eigenvalue weighted by atomic mass is 10.1. The number of carbonyl (C=O) groups excluding carboxylic acids is 1. The minimum Gasteiger partial charge on any atom is -0.489 e. The summed E-state index contributed by atoms with van der Waals surface area (Å²) in [6.45, 7) is 0.0605. The fraction of sp³-hybridized carbons (Fsp3) is 0.100. The van der Waals surface area contributed by atoms with Crippen molar-refractivity contribution in [1.29, 1.82) is 5.26 Å². The lowest BCUT2D eigenvalue weighted by Crippen LogP contribution is -2.13. The summed E-state index contributed by atoms with van der Waals surface area (Å²) in [5.41, 5.74) is 0.765. The van der Waals surface area contributed by atoms with E-state index in [2.05, 4.69) is 14.7 Å². The molecular formula is C20H15FN4O4S2. The summed E-state index contributed by atoms with van der Waals surface area (Å²) in [7, 11) is -3.60. The number of anilines is 1. The van der Waals surface area contributed by atoms with Crippen LogP contribution in [-0.4, -0.2) is 29.9 Å². The number of benzene rings is 2. The van der Waals surface area contributed by atoms with Crippen LogP contribution in [0.15, 0.2) is 59.3 Å². The molecule has 0 radical (unpaired) electrons. The van der Waals surface area contributed by atoms with Crippen molar-refractivity contribution in [3.63, 3.8) is 0 Å². The first-order chi connectivity index (χ1) is 14.8. The van der Waals surface area contributed by atoms with Crippen molar-refractivity contribution in [2.24, 2.45) is 0 Å². The van der Waals surface area contributed by atoms with Gasteiger partial charge in [-0.2, -0.15) is 14.6 Å². The van der Waals surface area contributed by atoms with Gasteiger partial charge in [0.2, 0.25) is 15.0 Å². The first-order valence-corrected chi connectivity index (χ1v) is 11.4. The van der Waals surface area contributed by atoms with Gasteiger partial charge in [-0.05, 0) is 29.8 Å². The van der Waals surface area contributed by atoms with Gasteiger partial charge in [-0.1, -0.05) is 30.3 Å². The molecule has 0 atom stereocenters. The average Bonchev–Trinajstić information content (AvgIpc) is 3.21. The fourth-order valence-corrected chi connectivity index (χ4v) is 3.77. The number of hydrogen-bond donors (Lipinski definition) is 1. The second-order valence-corrected chi connectivity index (χ2v) is 8.89. The first-order valence-electron chi connectivity index (χ1n) is 8.69. The van der Waals surface area contributed by atoms with Crippen molar-refractivity contribution < 1.29 is 22.3 Å². The molecule has 0 fully saturated rings. The number of amides is 1.